The van der Waals surface area contributed by atoms with E-state index in [1.807, 2.05) is 24.3 Å². The average Bonchev–Trinajstić information content (AvgIpc) is 1.03. The van der Waals surface area contributed by atoms with E-state index in [1.165, 1.54) is 94.4 Å². The molecule has 13 aromatic rings. The number of nitrogens with zero attached hydrogens (tertiary/aromatic N) is 3. The topological polar surface area (TPSA) is 37.7 Å². The van der Waals surface area contributed by atoms with Crippen LogP contribution in [0, 0.1) is 27.7 Å². The van der Waals surface area contributed by atoms with Gasteiger partial charge in [-0.3, -0.25) is 0 Å². The second-order valence-corrected chi connectivity index (χ2v) is 28.1. The summed E-state index contributed by atoms with van der Waals surface area (Å²) >= 11 is 0. The van der Waals surface area contributed by atoms with Crippen molar-refractivity contribution in [2.24, 2.45) is 0 Å². The molecule has 0 saturated carbocycles. The van der Waals surface area contributed by atoms with E-state index < -0.39 is 0 Å². The third-order valence-corrected chi connectivity index (χ3v) is 19.2. The van der Waals surface area contributed by atoms with Crippen molar-refractivity contribution in [1.82, 2.24) is 4.57 Å². The first kappa shape index (κ1) is 55.1. The summed E-state index contributed by atoms with van der Waals surface area (Å²) in [7, 11) is 0. The molecule has 2 aliphatic rings. The minimum atomic E-state index is -0.233. The molecular formula is C82H74BN3O2. The minimum Gasteiger partial charge on any atom is -0.455 e. The summed E-state index contributed by atoms with van der Waals surface area (Å²) in [6, 6.07) is 68.2. The number of anilines is 6. The zero-order valence-electron chi connectivity index (χ0n) is 53.0. The van der Waals surface area contributed by atoms with Gasteiger partial charge in [0.25, 0.3) is 6.71 Å². The Hall–Kier alpha value is -9.52. The van der Waals surface area contributed by atoms with Crippen LogP contribution < -0.4 is 36.8 Å². The summed E-state index contributed by atoms with van der Waals surface area (Å²) in [6.45, 7) is 39.1. The van der Waals surface area contributed by atoms with Crippen LogP contribution >= 0.6 is 0 Å². The first-order valence-corrected chi connectivity index (χ1v) is 31.1. The van der Waals surface area contributed by atoms with Crippen molar-refractivity contribution in [2.45, 2.75) is 106 Å². The van der Waals surface area contributed by atoms with Gasteiger partial charge in [0.15, 0.2) is 0 Å². The van der Waals surface area contributed by atoms with E-state index in [4.69, 9.17) is 8.83 Å². The molecule has 88 heavy (non-hydrogen) atoms. The van der Waals surface area contributed by atoms with Crippen molar-refractivity contribution in [3.05, 3.63) is 250 Å². The smallest absolute Gasteiger partial charge is 0.252 e. The Bertz CT molecular complexity index is 5210. The summed E-state index contributed by atoms with van der Waals surface area (Å²) in [4.78, 5) is 5.29. The quantitative estimate of drug-likeness (QED) is 0.156. The van der Waals surface area contributed by atoms with E-state index in [0.717, 1.165) is 88.3 Å². The number of hydrogen-bond donors (Lipinski definition) is 0. The highest BCUT2D eigenvalue weighted by molar-refractivity contribution is 7.00. The Balaban J connectivity index is 1.06. The van der Waals surface area contributed by atoms with Gasteiger partial charge in [0.2, 0.25) is 0 Å². The van der Waals surface area contributed by atoms with Crippen LogP contribution in [0.15, 0.2) is 203 Å². The minimum absolute atomic E-state index is 0.0625. The van der Waals surface area contributed by atoms with Crippen LogP contribution in [0.3, 0.4) is 0 Å². The maximum Gasteiger partial charge on any atom is 0.252 e. The molecule has 0 unspecified atom stereocenters. The summed E-state index contributed by atoms with van der Waals surface area (Å²) < 4.78 is 15.8. The zero-order chi connectivity index (χ0) is 61.2. The zero-order valence-corrected chi connectivity index (χ0v) is 53.0. The Labute approximate surface area is 517 Å². The van der Waals surface area contributed by atoms with Gasteiger partial charge in [-0.25, -0.2) is 0 Å². The number of para-hydroxylation sites is 4. The largest absolute Gasteiger partial charge is 0.455 e. The van der Waals surface area contributed by atoms with Crippen molar-refractivity contribution in [1.29, 1.82) is 0 Å². The second-order valence-electron chi connectivity index (χ2n) is 28.1. The maximum absolute atomic E-state index is 6.70. The van der Waals surface area contributed by atoms with E-state index in [1.54, 1.807) is 0 Å². The molecule has 6 heteroatoms. The molecule has 432 valence electrons. The van der Waals surface area contributed by atoms with Gasteiger partial charge in [0.05, 0.1) is 22.4 Å². The van der Waals surface area contributed by atoms with Gasteiger partial charge in [0.1, 0.15) is 22.2 Å². The van der Waals surface area contributed by atoms with E-state index >= 15 is 0 Å². The van der Waals surface area contributed by atoms with Gasteiger partial charge in [-0.1, -0.05) is 179 Å². The van der Waals surface area contributed by atoms with Gasteiger partial charge in [-0.15, -0.1) is 0 Å². The standard InChI is InChI=1S/C82H74BN3O2/c1-16-58(78-51(6)59-27-20-22-31-73(59)87-78)52-37-47(2)77(48(3)38-52)86-70-46-69-64(63-41-54(80(7,8)9)33-35-67(63)84(69)57-25-18-17-19-26-57)45-66(70)83-65-42-55(81(10,11)12)34-36-68(65)85(71-43-56(82(13,14)15)44-72(86)75(71)83)76-49(4)39-53(40-50(76)5)60-29-24-30-62-61-28-21-23-32-74(61)88-79(60)62/h16-46H,1,6H2,2-5,7-15H3/b78-58-. The highest BCUT2D eigenvalue weighted by Crippen LogP contribution is 2.51. The molecule has 0 atom stereocenters. The number of aryl methyl sites for hydroxylation is 4. The molecule has 0 bridgehead atoms. The molecule has 10 aromatic carbocycles. The van der Waals surface area contributed by atoms with E-state index in [0.29, 0.717) is 0 Å². The van der Waals surface area contributed by atoms with E-state index in [9.17, 15) is 0 Å². The van der Waals surface area contributed by atoms with Gasteiger partial charge >= 0.3 is 0 Å². The molecule has 5 nitrogen and oxygen atoms in total. The lowest BCUT2D eigenvalue weighted by Crippen LogP contribution is -2.61. The molecule has 15 rings (SSSR count). The lowest BCUT2D eigenvalue weighted by Gasteiger charge is -2.46. The Morgan fingerprint density at radius 2 is 1.00 bits per heavy atom. The highest BCUT2D eigenvalue weighted by Gasteiger charge is 2.46. The molecule has 0 spiro atoms. The van der Waals surface area contributed by atoms with Crippen molar-refractivity contribution < 1.29 is 8.83 Å². The van der Waals surface area contributed by atoms with Crippen LogP contribution in [0.2, 0.25) is 0 Å². The van der Waals surface area contributed by atoms with Crippen molar-refractivity contribution >= 4 is 124 Å². The third kappa shape index (κ3) is 8.35. The fourth-order valence-corrected chi connectivity index (χ4v) is 14.8. The molecule has 0 aliphatic carbocycles. The Morgan fingerprint density at radius 1 is 0.455 bits per heavy atom. The maximum atomic E-state index is 6.70. The molecule has 0 radical (unpaired) electrons. The fraction of sp³-hybridized carbons (Fsp3) is 0.195. The Morgan fingerprint density at radius 3 is 1.64 bits per heavy atom. The molecule has 2 aliphatic heterocycles. The lowest BCUT2D eigenvalue weighted by atomic mass is 9.33. The summed E-state index contributed by atoms with van der Waals surface area (Å²) in [5, 5.41) is 6.61. The summed E-state index contributed by atoms with van der Waals surface area (Å²) in [5.41, 5.74) is 30.1. The number of rotatable bonds is 6. The van der Waals surface area contributed by atoms with Gasteiger partial charge in [-0.05, 0) is 195 Å². The van der Waals surface area contributed by atoms with Gasteiger partial charge < -0.3 is 23.2 Å². The number of benzene rings is 10. The average molecular weight is 1140 g/mol. The molecule has 5 heterocycles. The van der Waals surface area contributed by atoms with Crippen LogP contribution in [0.25, 0.3) is 83.7 Å². The monoisotopic (exact) mass is 1140 g/mol. The lowest BCUT2D eigenvalue weighted by molar-refractivity contribution is 0.573. The predicted molar refractivity (Wildman–Crippen MR) is 376 cm³/mol. The SMILES string of the molecule is C=C/C(c1cc(C)c(N2c3cc4c(cc3B3c5cc(C(C)(C)C)ccc5N(c5c(C)cc(-c6cccc7c6oc6ccccc67)cc5C)c5cc(C(C)(C)C)cc2c53)c2cc(C(C)(C)C)ccc2n4-c2ccccc2)c(C)c1)=c1/oc2ccccc2c1=C. The predicted octanol–water partition coefficient (Wildman–Crippen LogP) is 19.1. The van der Waals surface area contributed by atoms with Crippen LogP contribution in [-0.2, 0) is 16.2 Å². The number of allylic oxidation sites excluding steroid dienone is 1. The first-order valence-electron chi connectivity index (χ1n) is 31.1. The third-order valence-electron chi connectivity index (χ3n) is 19.2. The second kappa shape index (κ2) is 19.5. The highest BCUT2D eigenvalue weighted by atomic mass is 16.3. The molecule has 0 fully saturated rings. The van der Waals surface area contributed by atoms with Crippen molar-refractivity contribution in [3.63, 3.8) is 0 Å². The van der Waals surface area contributed by atoms with E-state index in [-0.39, 0.29) is 23.0 Å². The Kier molecular flexibility index (Phi) is 12.2. The molecule has 0 saturated heterocycles. The first-order chi connectivity index (χ1) is 42.1. The van der Waals surface area contributed by atoms with Crippen molar-refractivity contribution in [3.8, 4) is 16.8 Å². The number of fused-ring (bicyclic) bond motifs is 11. The summed E-state index contributed by atoms with van der Waals surface area (Å²) in [6.07, 6.45) is 1.93. The molecular weight excluding hydrogens is 1070 g/mol. The molecule has 0 N–H and O–H groups in total. The van der Waals surface area contributed by atoms with E-state index in [2.05, 4.69) is 281 Å². The number of furan rings is 2. The van der Waals surface area contributed by atoms with Crippen LogP contribution in [0.5, 0.6) is 0 Å². The van der Waals surface area contributed by atoms with Gasteiger partial charge in [0, 0.05) is 71.7 Å². The molecule has 0 amide bonds. The van der Waals surface area contributed by atoms with Crippen molar-refractivity contribution in [2.75, 3.05) is 9.80 Å². The van der Waals surface area contributed by atoms with Crippen LogP contribution in [0.1, 0.15) is 107 Å². The number of hydrogen-bond acceptors (Lipinski definition) is 4. The summed E-state index contributed by atoms with van der Waals surface area (Å²) in [5.74, 6) is 0. The van der Waals surface area contributed by atoms with Crippen LogP contribution in [-0.4, -0.2) is 11.3 Å². The number of aromatic nitrogens is 1. The fourth-order valence-electron chi connectivity index (χ4n) is 14.8. The van der Waals surface area contributed by atoms with Gasteiger partial charge in [-0.2, -0.15) is 0 Å². The molecule has 3 aromatic heterocycles. The van der Waals surface area contributed by atoms with Crippen LogP contribution in [0.4, 0.5) is 34.1 Å². The normalized spacial score (nSPS) is 13.7.